The van der Waals surface area contributed by atoms with Crippen molar-refractivity contribution in [2.45, 2.75) is 44.9 Å². The van der Waals surface area contributed by atoms with Crippen molar-refractivity contribution in [1.29, 1.82) is 0 Å². The molecule has 0 radical (unpaired) electrons. The van der Waals surface area contributed by atoms with E-state index in [-0.39, 0.29) is 11.1 Å². The van der Waals surface area contributed by atoms with E-state index in [2.05, 4.69) is 88.0 Å². The molecule has 3 nitrogen and oxygen atoms in total. The van der Waals surface area contributed by atoms with E-state index in [1.165, 1.54) is 10.4 Å². The molecule has 0 aromatic heterocycles. The smallest absolute Gasteiger partial charge is 0.261 e. The van der Waals surface area contributed by atoms with Gasteiger partial charge < -0.3 is 13.9 Å². The Morgan fingerprint density at radius 3 is 1.85 bits per heavy atom. The quantitative estimate of drug-likeness (QED) is 0.270. The van der Waals surface area contributed by atoms with Gasteiger partial charge in [-0.25, -0.2) is 0 Å². The zero-order valence-electron chi connectivity index (χ0n) is 20.3. The minimum Gasteiger partial charge on any atom is -0.497 e. The maximum atomic E-state index is 6.98. The Bertz CT molecular complexity index is 939. The Morgan fingerprint density at radius 1 is 0.848 bits per heavy atom. The molecule has 0 bridgehead atoms. The number of benzene rings is 3. The largest absolute Gasteiger partial charge is 0.497 e. The van der Waals surface area contributed by atoms with Gasteiger partial charge in [-0.15, -0.1) is 6.58 Å². The van der Waals surface area contributed by atoms with Gasteiger partial charge in [-0.1, -0.05) is 99.6 Å². The minimum atomic E-state index is -2.53. The van der Waals surface area contributed by atoms with Crippen LogP contribution in [0.15, 0.2) is 97.6 Å². The summed E-state index contributed by atoms with van der Waals surface area (Å²) in [4.78, 5) is 0. The fourth-order valence-electron chi connectivity index (χ4n) is 4.28. The number of ether oxygens (including phenoxy) is 2. The molecule has 0 unspecified atom stereocenters. The first kappa shape index (κ1) is 25.0. The molecule has 0 saturated heterocycles. The standard InChI is InChI=1S/C29H36O3Si/c1-6-25(31-23-24-17-19-26(30-5)20-18-24)21-22-32-33(29(2,3)4,27-13-9-7-10-14-27)28-15-11-8-12-16-28/h6-20,25H,1,21-23H2,2-5H3/t25-/m0/s1. The van der Waals surface area contributed by atoms with Crippen molar-refractivity contribution in [2.24, 2.45) is 0 Å². The average Bonchev–Trinajstić information content (AvgIpc) is 2.84. The third-order valence-corrected chi connectivity index (χ3v) is 11.1. The molecule has 3 rings (SSSR count). The van der Waals surface area contributed by atoms with E-state index in [0.717, 1.165) is 17.7 Å². The molecule has 0 N–H and O–H groups in total. The molecular formula is C29H36O3Si. The fraction of sp³-hybridized carbons (Fsp3) is 0.310. The molecule has 3 aromatic carbocycles. The van der Waals surface area contributed by atoms with Crippen molar-refractivity contribution in [3.63, 3.8) is 0 Å². The molecule has 4 heteroatoms. The summed E-state index contributed by atoms with van der Waals surface area (Å²) in [5, 5.41) is 2.54. The van der Waals surface area contributed by atoms with Crippen molar-refractivity contribution in [3.05, 3.63) is 103 Å². The van der Waals surface area contributed by atoms with Crippen LogP contribution in [0.3, 0.4) is 0 Å². The zero-order valence-corrected chi connectivity index (χ0v) is 21.3. The Morgan fingerprint density at radius 2 is 1.39 bits per heavy atom. The van der Waals surface area contributed by atoms with E-state index < -0.39 is 8.32 Å². The van der Waals surface area contributed by atoms with Crippen molar-refractivity contribution in [1.82, 2.24) is 0 Å². The van der Waals surface area contributed by atoms with Crippen molar-refractivity contribution in [2.75, 3.05) is 13.7 Å². The zero-order chi connectivity index (χ0) is 23.7. The van der Waals surface area contributed by atoms with Crippen LogP contribution in [0.2, 0.25) is 5.04 Å². The predicted octanol–water partition coefficient (Wildman–Crippen LogP) is 5.73. The Kier molecular flexibility index (Phi) is 8.67. The third kappa shape index (κ3) is 6.02. The van der Waals surface area contributed by atoms with Crippen LogP contribution in [0.25, 0.3) is 0 Å². The molecule has 0 amide bonds. The van der Waals surface area contributed by atoms with Crippen LogP contribution >= 0.6 is 0 Å². The molecule has 0 aliphatic rings. The lowest BCUT2D eigenvalue weighted by molar-refractivity contribution is 0.0561. The van der Waals surface area contributed by atoms with Crippen LogP contribution in [0.4, 0.5) is 0 Å². The lowest BCUT2D eigenvalue weighted by atomic mass is 10.2. The van der Waals surface area contributed by atoms with Gasteiger partial charge in [-0.05, 0) is 39.5 Å². The molecule has 0 aliphatic carbocycles. The molecule has 0 saturated carbocycles. The highest BCUT2D eigenvalue weighted by Crippen LogP contribution is 2.36. The maximum Gasteiger partial charge on any atom is 0.261 e. The van der Waals surface area contributed by atoms with Gasteiger partial charge in [0.1, 0.15) is 5.75 Å². The van der Waals surface area contributed by atoms with Gasteiger partial charge in [0, 0.05) is 6.61 Å². The van der Waals surface area contributed by atoms with Crippen LogP contribution in [0.1, 0.15) is 32.8 Å². The van der Waals surface area contributed by atoms with E-state index in [1.807, 2.05) is 30.3 Å². The van der Waals surface area contributed by atoms with Gasteiger partial charge in [0.15, 0.2) is 0 Å². The van der Waals surface area contributed by atoms with Gasteiger partial charge in [-0.3, -0.25) is 0 Å². The lowest BCUT2D eigenvalue weighted by Gasteiger charge is -2.43. The monoisotopic (exact) mass is 460 g/mol. The molecule has 0 spiro atoms. The summed E-state index contributed by atoms with van der Waals surface area (Å²) in [5.41, 5.74) is 1.11. The summed E-state index contributed by atoms with van der Waals surface area (Å²) in [6.45, 7) is 12.0. The van der Waals surface area contributed by atoms with Crippen molar-refractivity contribution >= 4 is 18.7 Å². The maximum absolute atomic E-state index is 6.98. The summed E-state index contributed by atoms with van der Waals surface area (Å²) in [7, 11) is -0.858. The topological polar surface area (TPSA) is 27.7 Å². The van der Waals surface area contributed by atoms with E-state index in [4.69, 9.17) is 13.9 Å². The van der Waals surface area contributed by atoms with E-state index >= 15 is 0 Å². The molecule has 0 fully saturated rings. The van der Waals surface area contributed by atoms with Gasteiger partial charge in [0.2, 0.25) is 0 Å². The second-order valence-electron chi connectivity index (χ2n) is 9.23. The van der Waals surface area contributed by atoms with Crippen LogP contribution in [0.5, 0.6) is 5.75 Å². The number of hydrogen-bond acceptors (Lipinski definition) is 3. The van der Waals surface area contributed by atoms with E-state index in [9.17, 15) is 0 Å². The Hall–Kier alpha value is -2.66. The van der Waals surface area contributed by atoms with Crippen molar-refractivity contribution in [3.8, 4) is 5.75 Å². The van der Waals surface area contributed by atoms with Gasteiger partial charge in [0.05, 0.1) is 19.8 Å². The van der Waals surface area contributed by atoms with Crippen LogP contribution < -0.4 is 15.1 Å². The SMILES string of the molecule is C=C[C@@H](CCO[Si](c1ccccc1)(c1ccccc1)C(C)(C)C)OCc1ccc(OC)cc1. The van der Waals surface area contributed by atoms with E-state index in [1.54, 1.807) is 7.11 Å². The fourth-order valence-corrected chi connectivity index (χ4v) is 8.86. The van der Waals surface area contributed by atoms with E-state index in [0.29, 0.717) is 13.2 Å². The summed E-state index contributed by atoms with van der Waals surface area (Å²) >= 11 is 0. The third-order valence-electron chi connectivity index (χ3n) is 6.02. The molecule has 1 atom stereocenters. The highest BCUT2D eigenvalue weighted by molar-refractivity contribution is 6.99. The molecule has 174 valence electrons. The van der Waals surface area contributed by atoms with Gasteiger partial charge >= 0.3 is 0 Å². The van der Waals surface area contributed by atoms with Crippen molar-refractivity contribution < 1.29 is 13.9 Å². The highest BCUT2D eigenvalue weighted by atomic mass is 28.4. The molecule has 3 aromatic rings. The van der Waals surface area contributed by atoms with Crippen LogP contribution in [-0.2, 0) is 15.8 Å². The summed E-state index contributed by atoms with van der Waals surface area (Å²) in [6.07, 6.45) is 2.55. The van der Waals surface area contributed by atoms with Crippen LogP contribution in [0, 0.1) is 0 Å². The normalized spacial score (nSPS) is 12.8. The number of methoxy groups -OCH3 is 1. The molecule has 0 aliphatic heterocycles. The van der Waals surface area contributed by atoms with Gasteiger partial charge in [-0.2, -0.15) is 0 Å². The minimum absolute atomic E-state index is 0.0384. The summed E-state index contributed by atoms with van der Waals surface area (Å²) in [5.74, 6) is 0.845. The second-order valence-corrected chi connectivity index (χ2v) is 13.5. The number of hydrogen-bond donors (Lipinski definition) is 0. The van der Waals surface area contributed by atoms with Crippen LogP contribution in [-0.4, -0.2) is 28.1 Å². The first-order valence-corrected chi connectivity index (χ1v) is 13.4. The lowest BCUT2D eigenvalue weighted by Crippen LogP contribution is -2.66. The van der Waals surface area contributed by atoms with Gasteiger partial charge in [0.25, 0.3) is 8.32 Å². The Balaban J connectivity index is 1.75. The average molecular weight is 461 g/mol. The molecular weight excluding hydrogens is 424 g/mol. The first-order valence-electron chi connectivity index (χ1n) is 11.5. The summed E-state index contributed by atoms with van der Waals surface area (Å²) < 4.78 is 18.3. The molecule has 0 heterocycles. The molecule has 33 heavy (non-hydrogen) atoms. The summed E-state index contributed by atoms with van der Waals surface area (Å²) in [6, 6.07) is 29.4. The first-order chi connectivity index (χ1) is 15.9. The Labute approximate surface area is 200 Å². The second kappa shape index (κ2) is 11.5. The number of rotatable bonds is 11. The highest BCUT2D eigenvalue weighted by Gasteiger charge is 2.50. The predicted molar refractivity (Wildman–Crippen MR) is 140 cm³/mol.